The fourth-order valence-electron chi connectivity index (χ4n) is 2.06. The van der Waals surface area contributed by atoms with Crippen molar-refractivity contribution in [2.45, 2.75) is 52.5 Å². The Kier molecular flexibility index (Phi) is 5.20. The average Bonchev–Trinajstić information content (AvgIpc) is 2.61. The van der Waals surface area contributed by atoms with Crippen LogP contribution in [0.3, 0.4) is 0 Å². The topological polar surface area (TPSA) is 29.9 Å². The van der Waals surface area contributed by atoms with Crippen molar-refractivity contribution in [1.82, 2.24) is 15.1 Å². The van der Waals surface area contributed by atoms with E-state index in [1.807, 2.05) is 6.20 Å². The number of aromatic nitrogens is 2. The number of halogens is 1. The number of hydrogen-bond donors (Lipinski definition) is 1. The van der Waals surface area contributed by atoms with E-state index in [1.54, 1.807) is 0 Å². The summed E-state index contributed by atoms with van der Waals surface area (Å²) in [5, 5.41) is 7.85. The van der Waals surface area contributed by atoms with E-state index in [9.17, 15) is 0 Å². The van der Waals surface area contributed by atoms with Crippen molar-refractivity contribution in [3.8, 4) is 0 Å². The fraction of sp³-hybridized carbons (Fsp3) is 0.769. The van der Waals surface area contributed by atoms with Crippen LogP contribution in [0.2, 0.25) is 0 Å². The number of nitrogens with zero attached hydrogens (tertiary/aromatic N) is 2. The smallest absolute Gasteiger partial charge is 0.0635 e. The minimum atomic E-state index is 0.127. The molecule has 1 heterocycles. The van der Waals surface area contributed by atoms with Gasteiger partial charge in [-0.25, -0.2) is 0 Å². The molecule has 17 heavy (non-hydrogen) atoms. The van der Waals surface area contributed by atoms with Crippen molar-refractivity contribution in [2.24, 2.45) is 0 Å². The quantitative estimate of drug-likeness (QED) is 0.815. The van der Waals surface area contributed by atoms with Crippen LogP contribution in [0.4, 0.5) is 0 Å². The molecule has 0 atom stereocenters. The van der Waals surface area contributed by atoms with Crippen LogP contribution in [-0.2, 0) is 5.41 Å². The number of hydrogen-bond acceptors (Lipinski definition) is 2. The highest BCUT2D eigenvalue weighted by molar-refractivity contribution is 9.10. The zero-order chi connectivity index (χ0) is 13.1. The van der Waals surface area contributed by atoms with Gasteiger partial charge in [0.1, 0.15) is 0 Å². The number of nitrogens with one attached hydrogen (secondary N) is 1. The highest BCUT2D eigenvalue weighted by atomic mass is 79.9. The Morgan fingerprint density at radius 3 is 2.65 bits per heavy atom. The third kappa shape index (κ3) is 3.55. The van der Waals surface area contributed by atoms with Crippen LogP contribution in [0, 0.1) is 0 Å². The van der Waals surface area contributed by atoms with Gasteiger partial charge < -0.3 is 5.32 Å². The molecule has 1 N–H and O–H groups in total. The highest BCUT2D eigenvalue weighted by Gasteiger charge is 2.28. The normalized spacial score (nSPS) is 12.4. The Labute approximate surface area is 113 Å². The van der Waals surface area contributed by atoms with Gasteiger partial charge in [0.2, 0.25) is 0 Å². The van der Waals surface area contributed by atoms with Gasteiger partial charge in [-0.05, 0) is 49.3 Å². The number of rotatable bonds is 6. The fourth-order valence-corrected chi connectivity index (χ4v) is 2.87. The van der Waals surface area contributed by atoms with Crippen LogP contribution in [0.5, 0.6) is 0 Å². The van der Waals surface area contributed by atoms with Crippen LogP contribution >= 0.6 is 15.9 Å². The Morgan fingerprint density at radius 1 is 1.47 bits per heavy atom. The van der Waals surface area contributed by atoms with Gasteiger partial charge in [0.05, 0.1) is 16.4 Å². The lowest BCUT2D eigenvalue weighted by atomic mass is 9.85. The Bertz CT molecular complexity index is 356. The minimum Gasteiger partial charge on any atom is -0.317 e. The maximum atomic E-state index is 4.46. The first-order chi connectivity index (χ1) is 7.90. The average molecular weight is 302 g/mol. The van der Waals surface area contributed by atoms with E-state index in [0.717, 1.165) is 24.0 Å². The van der Waals surface area contributed by atoms with E-state index in [1.165, 1.54) is 5.69 Å². The van der Waals surface area contributed by atoms with Crippen molar-refractivity contribution in [2.75, 3.05) is 13.1 Å². The first-order valence-electron chi connectivity index (χ1n) is 6.34. The van der Waals surface area contributed by atoms with Gasteiger partial charge >= 0.3 is 0 Å². The maximum Gasteiger partial charge on any atom is 0.0635 e. The van der Waals surface area contributed by atoms with Crippen molar-refractivity contribution in [1.29, 1.82) is 0 Å². The molecule has 4 heteroatoms. The second-order valence-corrected chi connectivity index (χ2v) is 6.22. The van der Waals surface area contributed by atoms with Crippen LogP contribution in [0.25, 0.3) is 0 Å². The molecule has 0 bridgehead atoms. The molecule has 1 aromatic rings. The SMILES string of the molecule is CCNCCC(C)(C)c1c(Br)cnn1C(C)C. The monoisotopic (exact) mass is 301 g/mol. The van der Waals surface area contributed by atoms with E-state index in [2.05, 4.69) is 65.6 Å². The first kappa shape index (κ1) is 14.7. The molecular weight excluding hydrogens is 278 g/mol. The molecule has 1 aromatic heterocycles. The summed E-state index contributed by atoms with van der Waals surface area (Å²) in [5.74, 6) is 0. The lowest BCUT2D eigenvalue weighted by Gasteiger charge is -2.28. The van der Waals surface area contributed by atoms with Crippen molar-refractivity contribution in [3.05, 3.63) is 16.4 Å². The molecule has 0 aliphatic heterocycles. The predicted molar refractivity (Wildman–Crippen MR) is 76.5 cm³/mol. The Hall–Kier alpha value is -0.350. The standard InChI is InChI=1S/C13H24BrN3/c1-6-15-8-7-13(4,5)12-11(14)9-16-17(12)10(2)3/h9-10,15H,6-8H2,1-5H3. The summed E-state index contributed by atoms with van der Waals surface area (Å²) < 4.78 is 3.24. The molecule has 0 saturated carbocycles. The lowest BCUT2D eigenvalue weighted by Crippen LogP contribution is -2.28. The van der Waals surface area contributed by atoms with Gasteiger partial charge in [0.25, 0.3) is 0 Å². The van der Waals surface area contributed by atoms with E-state index in [4.69, 9.17) is 0 Å². The summed E-state index contributed by atoms with van der Waals surface area (Å²) in [6, 6.07) is 0.398. The second-order valence-electron chi connectivity index (χ2n) is 5.37. The lowest BCUT2D eigenvalue weighted by molar-refractivity contribution is 0.393. The highest BCUT2D eigenvalue weighted by Crippen LogP contribution is 2.34. The summed E-state index contributed by atoms with van der Waals surface area (Å²) in [6.07, 6.45) is 3.02. The summed E-state index contributed by atoms with van der Waals surface area (Å²) in [7, 11) is 0. The van der Waals surface area contributed by atoms with E-state index in [0.29, 0.717) is 6.04 Å². The molecule has 0 fully saturated rings. The molecule has 0 saturated heterocycles. The summed E-state index contributed by atoms with van der Waals surface area (Å²) in [4.78, 5) is 0. The van der Waals surface area contributed by atoms with Crippen molar-refractivity contribution in [3.63, 3.8) is 0 Å². The van der Waals surface area contributed by atoms with Gasteiger partial charge in [-0.3, -0.25) is 4.68 Å². The summed E-state index contributed by atoms with van der Waals surface area (Å²) in [5.41, 5.74) is 1.42. The van der Waals surface area contributed by atoms with Gasteiger partial charge in [-0.1, -0.05) is 20.8 Å². The van der Waals surface area contributed by atoms with Crippen LogP contribution < -0.4 is 5.32 Å². The van der Waals surface area contributed by atoms with Crippen LogP contribution in [0.15, 0.2) is 10.7 Å². The predicted octanol–water partition coefficient (Wildman–Crippen LogP) is 3.50. The molecule has 0 unspecified atom stereocenters. The molecule has 98 valence electrons. The van der Waals surface area contributed by atoms with Gasteiger partial charge in [0.15, 0.2) is 0 Å². The molecule has 0 aliphatic rings. The van der Waals surface area contributed by atoms with E-state index in [-0.39, 0.29) is 5.41 Å². The van der Waals surface area contributed by atoms with Crippen LogP contribution in [-0.4, -0.2) is 22.9 Å². The minimum absolute atomic E-state index is 0.127. The zero-order valence-corrected chi connectivity index (χ0v) is 13.1. The third-order valence-corrected chi connectivity index (χ3v) is 3.64. The molecule has 0 amide bonds. The molecule has 0 aromatic carbocycles. The largest absolute Gasteiger partial charge is 0.317 e. The maximum absolute atomic E-state index is 4.46. The Morgan fingerprint density at radius 2 is 2.12 bits per heavy atom. The molecular formula is C13H24BrN3. The molecule has 0 radical (unpaired) electrons. The van der Waals surface area contributed by atoms with Crippen molar-refractivity contribution >= 4 is 15.9 Å². The molecule has 3 nitrogen and oxygen atoms in total. The van der Waals surface area contributed by atoms with Crippen LogP contribution in [0.1, 0.15) is 52.8 Å². The van der Waals surface area contributed by atoms with Gasteiger partial charge in [-0.2, -0.15) is 5.10 Å². The first-order valence-corrected chi connectivity index (χ1v) is 7.13. The van der Waals surface area contributed by atoms with E-state index < -0.39 is 0 Å². The van der Waals surface area contributed by atoms with Gasteiger partial charge in [0, 0.05) is 11.5 Å². The summed E-state index contributed by atoms with van der Waals surface area (Å²) in [6.45, 7) is 13.1. The Balaban J connectivity index is 2.92. The van der Waals surface area contributed by atoms with Gasteiger partial charge in [-0.15, -0.1) is 0 Å². The second kappa shape index (κ2) is 6.01. The summed E-state index contributed by atoms with van der Waals surface area (Å²) >= 11 is 3.63. The molecule has 1 rings (SSSR count). The molecule has 0 aliphatic carbocycles. The van der Waals surface area contributed by atoms with Crippen molar-refractivity contribution < 1.29 is 0 Å². The third-order valence-electron chi connectivity index (χ3n) is 3.06. The molecule has 0 spiro atoms. The van der Waals surface area contributed by atoms with E-state index >= 15 is 0 Å². The zero-order valence-electron chi connectivity index (χ0n) is 11.5.